The number of nitrogens with zero attached hydrogens (tertiary/aromatic N) is 2. The van der Waals surface area contributed by atoms with E-state index < -0.39 is 0 Å². The van der Waals surface area contributed by atoms with Crippen LogP contribution in [0.3, 0.4) is 0 Å². The lowest BCUT2D eigenvalue weighted by Crippen LogP contribution is -2.29. The van der Waals surface area contributed by atoms with Gasteiger partial charge >= 0.3 is 0 Å². The molecule has 1 saturated heterocycles. The third-order valence-corrected chi connectivity index (χ3v) is 3.76. The molecule has 2 rings (SSSR count). The van der Waals surface area contributed by atoms with Gasteiger partial charge in [-0.25, -0.2) is 0 Å². The minimum Gasteiger partial charge on any atom is -0.351 e. The van der Waals surface area contributed by atoms with E-state index in [-0.39, 0.29) is 5.91 Å². The highest BCUT2D eigenvalue weighted by molar-refractivity contribution is 5.91. The highest BCUT2D eigenvalue weighted by Gasteiger charge is 2.28. The largest absolute Gasteiger partial charge is 0.351 e. The van der Waals surface area contributed by atoms with Gasteiger partial charge in [0.1, 0.15) is 0 Å². The van der Waals surface area contributed by atoms with Gasteiger partial charge in [0, 0.05) is 25.1 Å². The van der Waals surface area contributed by atoms with Crippen molar-refractivity contribution in [3.8, 4) is 0 Å². The van der Waals surface area contributed by atoms with Crippen molar-refractivity contribution in [1.82, 2.24) is 10.1 Å². The summed E-state index contributed by atoms with van der Waals surface area (Å²) >= 11 is 0. The number of amides is 1. The molecule has 1 fully saturated rings. The predicted molar refractivity (Wildman–Crippen MR) is 68.3 cm³/mol. The van der Waals surface area contributed by atoms with Crippen molar-refractivity contribution in [2.75, 3.05) is 19.6 Å². The van der Waals surface area contributed by atoms with Crippen LogP contribution < -0.4 is 5.73 Å². The van der Waals surface area contributed by atoms with Crippen LogP contribution in [-0.4, -0.2) is 35.6 Å². The Bertz CT molecular complexity index is 416. The molecule has 1 aliphatic heterocycles. The maximum Gasteiger partial charge on any atom is 0.292 e. The molecule has 0 bridgehead atoms. The van der Waals surface area contributed by atoms with Crippen LogP contribution in [0.2, 0.25) is 0 Å². The lowest BCUT2D eigenvalue weighted by molar-refractivity contribution is 0.0746. The van der Waals surface area contributed by atoms with Gasteiger partial charge in [-0.2, -0.15) is 0 Å². The Morgan fingerprint density at radius 1 is 1.72 bits per heavy atom. The maximum absolute atomic E-state index is 12.2. The van der Waals surface area contributed by atoms with Crippen LogP contribution in [0.5, 0.6) is 0 Å². The van der Waals surface area contributed by atoms with Crippen molar-refractivity contribution < 1.29 is 9.32 Å². The van der Waals surface area contributed by atoms with E-state index in [1.54, 1.807) is 11.0 Å². The van der Waals surface area contributed by atoms with Gasteiger partial charge < -0.3 is 15.2 Å². The van der Waals surface area contributed by atoms with E-state index in [1.807, 2.05) is 0 Å². The number of carbonyl (C=O) groups is 1. The zero-order chi connectivity index (χ0) is 13.1. The summed E-state index contributed by atoms with van der Waals surface area (Å²) in [5.74, 6) is 1.03. The molecule has 2 N–H and O–H groups in total. The number of nitrogens with two attached hydrogens (primary N) is 1. The number of rotatable bonds is 4. The summed E-state index contributed by atoms with van der Waals surface area (Å²) in [4.78, 5) is 14.0. The van der Waals surface area contributed by atoms with Crippen molar-refractivity contribution in [2.24, 2.45) is 11.7 Å². The summed E-state index contributed by atoms with van der Waals surface area (Å²) in [6.45, 7) is 6.30. The summed E-state index contributed by atoms with van der Waals surface area (Å²) in [5.41, 5.74) is 6.48. The summed E-state index contributed by atoms with van der Waals surface area (Å²) in [6, 6.07) is 1.77. The fourth-order valence-electron chi connectivity index (χ4n) is 2.20. The molecule has 0 unspecified atom stereocenters. The second-order valence-electron chi connectivity index (χ2n) is 5.07. The molecule has 0 aliphatic carbocycles. The van der Waals surface area contributed by atoms with Gasteiger partial charge in [0.2, 0.25) is 5.76 Å². The Kier molecular flexibility index (Phi) is 4.01. The molecule has 0 aromatic carbocycles. The van der Waals surface area contributed by atoms with E-state index in [1.165, 1.54) is 0 Å². The molecule has 1 aromatic rings. The maximum atomic E-state index is 12.2. The van der Waals surface area contributed by atoms with Crippen LogP contribution >= 0.6 is 0 Å². The van der Waals surface area contributed by atoms with Gasteiger partial charge in [-0.15, -0.1) is 0 Å². The topological polar surface area (TPSA) is 72.4 Å². The van der Waals surface area contributed by atoms with E-state index in [4.69, 9.17) is 10.3 Å². The van der Waals surface area contributed by atoms with Crippen molar-refractivity contribution in [1.29, 1.82) is 0 Å². The molecular weight excluding hydrogens is 230 g/mol. The van der Waals surface area contributed by atoms with Gasteiger partial charge in [0.15, 0.2) is 0 Å². The Morgan fingerprint density at radius 3 is 3.11 bits per heavy atom. The zero-order valence-electron chi connectivity index (χ0n) is 11.1. The number of hydrogen-bond acceptors (Lipinski definition) is 4. The van der Waals surface area contributed by atoms with Crippen LogP contribution in [0.4, 0.5) is 0 Å². The van der Waals surface area contributed by atoms with Crippen LogP contribution in [-0.2, 0) is 0 Å². The van der Waals surface area contributed by atoms with Crippen LogP contribution in [0, 0.1) is 5.92 Å². The fraction of sp³-hybridized carbons (Fsp3) is 0.692. The van der Waals surface area contributed by atoms with Gasteiger partial charge in [0.05, 0.1) is 5.69 Å². The first kappa shape index (κ1) is 13.1. The molecule has 2 atom stereocenters. The Labute approximate surface area is 107 Å². The summed E-state index contributed by atoms with van der Waals surface area (Å²) < 4.78 is 5.16. The lowest BCUT2D eigenvalue weighted by Gasteiger charge is -2.13. The van der Waals surface area contributed by atoms with Crippen molar-refractivity contribution in [3.05, 3.63) is 17.5 Å². The zero-order valence-corrected chi connectivity index (χ0v) is 11.1. The average molecular weight is 251 g/mol. The Balaban J connectivity index is 2.03. The first-order valence-corrected chi connectivity index (χ1v) is 6.61. The molecule has 1 amide bonds. The molecule has 1 aliphatic rings. The number of hydrogen-bond donors (Lipinski definition) is 1. The average Bonchev–Trinajstić information content (AvgIpc) is 3.05. The molecule has 5 nitrogen and oxygen atoms in total. The number of likely N-dealkylation sites (tertiary alicyclic amines) is 1. The fourth-order valence-corrected chi connectivity index (χ4v) is 2.20. The Morgan fingerprint density at radius 2 is 2.50 bits per heavy atom. The number of aromatic nitrogens is 1. The van der Waals surface area contributed by atoms with Gasteiger partial charge in [-0.1, -0.05) is 19.0 Å². The summed E-state index contributed by atoms with van der Waals surface area (Å²) in [7, 11) is 0. The van der Waals surface area contributed by atoms with Crippen LogP contribution in [0.1, 0.15) is 48.9 Å². The molecule has 100 valence electrons. The second-order valence-corrected chi connectivity index (χ2v) is 5.07. The summed E-state index contributed by atoms with van der Waals surface area (Å²) in [6.07, 6.45) is 1.97. The molecule has 0 radical (unpaired) electrons. The smallest absolute Gasteiger partial charge is 0.292 e. The molecule has 0 saturated carbocycles. The quantitative estimate of drug-likeness (QED) is 0.882. The SMILES string of the molecule is CC[C@@H](C)c1cc(C(=O)N2CC[C@H](CN)C2)on1. The molecule has 18 heavy (non-hydrogen) atoms. The van der Waals surface area contributed by atoms with Crippen molar-refractivity contribution in [3.63, 3.8) is 0 Å². The molecule has 5 heteroatoms. The molecule has 1 aromatic heterocycles. The first-order valence-electron chi connectivity index (χ1n) is 6.61. The van der Waals surface area contributed by atoms with E-state index in [0.717, 1.165) is 31.6 Å². The third-order valence-electron chi connectivity index (χ3n) is 3.76. The van der Waals surface area contributed by atoms with Crippen LogP contribution in [0.15, 0.2) is 10.6 Å². The molecule has 2 heterocycles. The Hall–Kier alpha value is -1.36. The van der Waals surface area contributed by atoms with Gasteiger partial charge in [0.25, 0.3) is 5.91 Å². The minimum atomic E-state index is -0.0620. The number of carbonyl (C=O) groups excluding carboxylic acids is 1. The van der Waals surface area contributed by atoms with Crippen molar-refractivity contribution >= 4 is 5.91 Å². The van der Waals surface area contributed by atoms with E-state index in [9.17, 15) is 4.79 Å². The monoisotopic (exact) mass is 251 g/mol. The van der Waals surface area contributed by atoms with Gasteiger partial charge in [-0.05, 0) is 25.3 Å². The minimum absolute atomic E-state index is 0.0620. The third kappa shape index (κ3) is 2.56. The van der Waals surface area contributed by atoms with E-state index in [2.05, 4.69) is 19.0 Å². The molecular formula is C13H21N3O2. The lowest BCUT2D eigenvalue weighted by atomic mass is 10.1. The van der Waals surface area contributed by atoms with E-state index in [0.29, 0.717) is 24.1 Å². The van der Waals surface area contributed by atoms with Crippen molar-refractivity contribution in [2.45, 2.75) is 32.6 Å². The van der Waals surface area contributed by atoms with Crippen LogP contribution in [0.25, 0.3) is 0 Å². The standard InChI is InChI=1S/C13H21N3O2/c1-3-9(2)11-6-12(18-15-11)13(17)16-5-4-10(7-14)8-16/h6,9-10H,3-5,7-8,14H2,1-2H3/t9-,10-/m1/s1. The van der Waals surface area contributed by atoms with E-state index >= 15 is 0 Å². The predicted octanol–water partition coefficient (Wildman–Crippen LogP) is 1.61. The highest BCUT2D eigenvalue weighted by atomic mass is 16.5. The molecule has 0 spiro atoms. The first-order chi connectivity index (χ1) is 8.65. The summed E-state index contributed by atoms with van der Waals surface area (Å²) in [5, 5.41) is 3.97. The highest BCUT2D eigenvalue weighted by Crippen LogP contribution is 2.21. The second kappa shape index (κ2) is 5.52. The normalized spacial score (nSPS) is 21.3. The van der Waals surface area contributed by atoms with Gasteiger partial charge in [-0.3, -0.25) is 4.79 Å².